The highest BCUT2D eigenvalue weighted by Crippen LogP contribution is 2.25. The molecule has 0 unspecified atom stereocenters. The highest BCUT2D eigenvalue weighted by atomic mass is 35.5. The first-order valence-electron chi connectivity index (χ1n) is 6.58. The molecule has 5 nitrogen and oxygen atoms in total. The first-order valence-corrected chi connectivity index (χ1v) is 6.96. The van der Waals surface area contributed by atoms with E-state index in [1.165, 1.54) is 24.3 Å². The molecular formula is C16H14ClNO4. The molecule has 0 aliphatic rings. The van der Waals surface area contributed by atoms with E-state index in [0.29, 0.717) is 0 Å². The van der Waals surface area contributed by atoms with Gasteiger partial charge in [0.1, 0.15) is 5.75 Å². The molecule has 2 aromatic rings. The monoisotopic (exact) mass is 319 g/mol. The van der Waals surface area contributed by atoms with Crippen LogP contribution in [0.2, 0.25) is 5.02 Å². The Kier molecular flexibility index (Phi) is 4.68. The highest BCUT2D eigenvalue weighted by Gasteiger charge is 2.14. The van der Waals surface area contributed by atoms with Crippen LogP contribution in [0.3, 0.4) is 0 Å². The van der Waals surface area contributed by atoms with Gasteiger partial charge in [0.25, 0.3) is 5.91 Å². The summed E-state index contributed by atoms with van der Waals surface area (Å²) in [6.45, 7) is 1.94. The number of carboxylic acids is 1. The van der Waals surface area contributed by atoms with Crippen molar-refractivity contribution >= 4 is 29.2 Å². The molecule has 0 aliphatic heterocycles. The number of carbonyl (C=O) groups excluding carboxylic acids is 1. The van der Waals surface area contributed by atoms with Crippen LogP contribution in [0.25, 0.3) is 0 Å². The third kappa shape index (κ3) is 3.38. The number of hydrogen-bond donors (Lipinski definition) is 3. The minimum atomic E-state index is -1.10. The van der Waals surface area contributed by atoms with Crippen LogP contribution in [0.1, 0.15) is 33.2 Å². The standard InChI is InChI=1S/C16H14ClNO4/c1-2-9-3-6-14(19)11(7-9)15(20)18-13-5-4-10(16(21)22)8-12(13)17/h3-8,19H,2H2,1H3,(H,18,20)(H,21,22). The van der Waals surface area contributed by atoms with Gasteiger partial charge in [0.2, 0.25) is 0 Å². The van der Waals surface area contributed by atoms with Crippen LogP contribution in [0.5, 0.6) is 5.75 Å². The predicted molar refractivity (Wildman–Crippen MR) is 83.8 cm³/mol. The van der Waals surface area contributed by atoms with Gasteiger partial charge in [-0.3, -0.25) is 4.79 Å². The number of phenols is 1. The zero-order valence-corrected chi connectivity index (χ0v) is 12.5. The molecule has 0 bridgehead atoms. The third-order valence-corrected chi connectivity index (χ3v) is 3.49. The summed E-state index contributed by atoms with van der Waals surface area (Å²) in [5.74, 6) is -1.75. The van der Waals surface area contributed by atoms with E-state index in [-0.39, 0.29) is 27.6 Å². The molecule has 0 atom stereocenters. The molecule has 0 radical (unpaired) electrons. The van der Waals surface area contributed by atoms with Crippen molar-refractivity contribution in [2.24, 2.45) is 0 Å². The second kappa shape index (κ2) is 6.49. The van der Waals surface area contributed by atoms with E-state index in [2.05, 4.69) is 5.32 Å². The topological polar surface area (TPSA) is 86.6 Å². The summed E-state index contributed by atoms with van der Waals surface area (Å²) in [5.41, 5.74) is 1.35. The minimum Gasteiger partial charge on any atom is -0.507 e. The second-order valence-electron chi connectivity index (χ2n) is 4.66. The van der Waals surface area contributed by atoms with Crippen molar-refractivity contribution in [3.05, 3.63) is 58.1 Å². The van der Waals surface area contributed by atoms with Crippen molar-refractivity contribution in [1.29, 1.82) is 0 Å². The number of carboxylic acid groups (broad SMARTS) is 1. The summed E-state index contributed by atoms with van der Waals surface area (Å²) >= 11 is 5.96. The maximum absolute atomic E-state index is 12.2. The number of phenolic OH excluding ortho intramolecular Hbond substituents is 1. The van der Waals surface area contributed by atoms with Crippen molar-refractivity contribution in [3.63, 3.8) is 0 Å². The van der Waals surface area contributed by atoms with Gasteiger partial charge in [0.05, 0.1) is 21.8 Å². The third-order valence-electron chi connectivity index (χ3n) is 3.18. The summed E-state index contributed by atoms with van der Waals surface area (Å²) in [7, 11) is 0. The number of halogens is 1. The molecule has 2 aromatic carbocycles. The average molecular weight is 320 g/mol. The van der Waals surface area contributed by atoms with Crippen LogP contribution in [-0.2, 0) is 6.42 Å². The lowest BCUT2D eigenvalue weighted by Gasteiger charge is -2.10. The maximum Gasteiger partial charge on any atom is 0.335 e. The minimum absolute atomic E-state index is 0.0267. The number of nitrogens with one attached hydrogen (secondary N) is 1. The van der Waals surface area contributed by atoms with Gasteiger partial charge in [-0.1, -0.05) is 24.6 Å². The number of anilines is 1. The molecule has 0 spiro atoms. The number of rotatable bonds is 4. The van der Waals surface area contributed by atoms with Crippen molar-refractivity contribution < 1.29 is 19.8 Å². The Balaban J connectivity index is 2.27. The quantitative estimate of drug-likeness (QED) is 0.804. The Bertz CT molecular complexity index is 743. The zero-order valence-electron chi connectivity index (χ0n) is 11.8. The first-order chi connectivity index (χ1) is 10.4. The molecule has 22 heavy (non-hydrogen) atoms. The van der Waals surface area contributed by atoms with Crippen molar-refractivity contribution in [3.8, 4) is 5.75 Å². The molecule has 1 amide bonds. The van der Waals surface area contributed by atoms with Gasteiger partial charge in [-0.2, -0.15) is 0 Å². The van der Waals surface area contributed by atoms with Crippen LogP contribution >= 0.6 is 11.6 Å². The smallest absolute Gasteiger partial charge is 0.335 e. The lowest BCUT2D eigenvalue weighted by molar-refractivity contribution is 0.0696. The van der Waals surface area contributed by atoms with E-state index >= 15 is 0 Å². The lowest BCUT2D eigenvalue weighted by atomic mass is 10.1. The Morgan fingerprint density at radius 2 is 1.91 bits per heavy atom. The predicted octanol–water partition coefficient (Wildman–Crippen LogP) is 3.56. The average Bonchev–Trinajstić information content (AvgIpc) is 2.49. The van der Waals surface area contributed by atoms with Gasteiger partial charge >= 0.3 is 5.97 Å². The molecule has 3 N–H and O–H groups in total. The van der Waals surface area contributed by atoms with E-state index in [1.54, 1.807) is 12.1 Å². The molecule has 114 valence electrons. The number of hydrogen-bond acceptors (Lipinski definition) is 3. The van der Waals surface area contributed by atoms with Crippen molar-refractivity contribution in [2.45, 2.75) is 13.3 Å². The van der Waals surface area contributed by atoms with E-state index in [1.807, 2.05) is 6.92 Å². The summed E-state index contributed by atoms with van der Waals surface area (Å²) in [6, 6.07) is 8.80. The van der Waals surface area contributed by atoms with Crippen molar-refractivity contribution in [2.75, 3.05) is 5.32 Å². The number of amides is 1. The molecule has 0 saturated heterocycles. The number of carbonyl (C=O) groups is 2. The Morgan fingerprint density at radius 1 is 1.18 bits per heavy atom. The Hall–Kier alpha value is -2.53. The van der Waals surface area contributed by atoms with Gasteiger partial charge in [-0.15, -0.1) is 0 Å². The van der Waals surface area contributed by atoms with Gasteiger partial charge < -0.3 is 15.5 Å². The molecule has 0 fully saturated rings. The van der Waals surface area contributed by atoms with Crippen LogP contribution in [0.15, 0.2) is 36.4 Å². The van der Waals surface area contributed by atoms with E-state index in [9.17, 15) is 14.7 Å². The Morgan fingerprint density at radius 3 is 2.50 bits per heavy atom. The summed E-state index contributed by atoms with van der Waals surface area (Å²) in [4.78, 5) is 23.1. The number of benzene rings is 2. The molecule has 2 rings (SSSR count). The van der Waals surface area contributed by atoms with Crippen LogP contribution in [0.4, 0.5) is 5.69 Å². The van der Waals surface area contributed by atoms with Crippen LogP contribution < -0.4 is 5.32 Å². The molecule has 0 aliphatic carbocycles. The fourth-order valence-corrected chi connectivity index (χ4v) is 2.15. The number of aromatic hydroxyl groups is 1. The normalized spacial score (nSPS) is 10.3. The SMILES string of the molecule is CCc1ccc(O)c(C(=O)Nc2ccc(C(=O)O)cc2Cl)c1. The molecule has 0 saturated carbocycles. The molecule has 0 aromatic heterocycles. The zero-order chi connectivity index (χ0) is 16.3. The van der Waals surface area contributed by atoms with Crippen LogP contribution in [-0.4, -0.2) is 22.1 Å². The van der Waals surface area contributed by atoms with Gasteiger partial charge in [-0.05, 0) is 42.3 Å². The van der Waals surface area contributed by atoms with Gasteiger partial charge in [0, 0.05) is 0 Å². The second-order valence-corrected chi connectivity index (χ2v) is 5.07. The largest absolute Gasteiger partial charge is 0.507 e. The van der Waals surface area contributed by atoms with E-state index < -0.39 is 11.9 Å². The van der Waals surface area contributed by atoms with Crippen molar-refractivity contribution in [1.82, 2.24) is 0 Å². The van der Waals surface area contributed by atoms with Crippen LogP contribution in [0, 0.1) is 0 Å². The summed E-state index contributed by atoms with van der Waals surface area (Å²) < 4.78 is 0. The number of aryl methyl sites for hydroxylation is 1. The summed E-state index contributed by atoms with van der Waals surface area (Å²) in [6.07, 6.45) is 0.731. The molecular weight excluding hydrogens is 306 g/mol. The fourth-order valence-electron chi connectivity index (χ4n) is 1.92. The summed E-state index contributed by atoms with van der Waals surface area (Å²) in [5, 5.41) is 21.3. The van der Waals surface area contributed by atoms with E-state index in [0.717, 1.165) is 12.0 Å². The lowest BCUT2D eigenvalue weighted by Crippen LogP contribution is -2.13. The first kappa shape index (κ1) is 15.9. The Labute approximate surface area is 132 Å². The van der Waals surface area contributed by atoms with E-state index in [4.69, 9.17) is 16.7 Å². The van der Waals surface area contributed by atoms with Gasteiger partial charge in [0.15, 0.2) is 0 Å². The fraction of sp³-hybridized carbons (Fsp3) is 0.125. The van der Waals surface area contributed by atoms with Gasteiger partial charge in [-0.25, -0.2) is 4.79 Å². The number of aromatic carboxylic acids is 1. The molecule has 0 heterocycles. The highest BCUT2D eigenvalue weighted by molar-refractivity contribution is 6.34. The molecule has 6 heteroatoms. The maximum atomic E-state index is 12.2.